The van der Waals surface area contributed by atoms with Gasteiger partial charge >= 0.3 is 0 Å². The van der Waals surface area contributed by atoms with Gasteiger partial charge in [-0.25, -0.2) is 8.78 Å². The van der Waals surface area contributed by atoms with Gasteiger partial charge in [0.25, 0.3) is 0 Å². The lowest BCUT2D eigenvalue weighted by Gasteiger charge is -1.94. The maximum Gasteiger partial charge on any atom is 0.147 e. The predicted octanol–water partition coefficient (Wildman–Crippen LogP) is 3.78. The topological polar surface area (TPSA) is 15.8 Å². The van der Waals surface area contributed by atoms with Gasteiger partial charge in [0.15, 0.2) is 0 Å². The number of aromatic nitrogens is 1. The molecule has 0 radical (unpaired) electrons. The van der Waals surface area contributed by atoms with Crippen molar-refractivity contribution in [1.29, 1.82) is 0 Å². The number of aromatic amines is 1. The molecule has 0 bridgehead atoms. The average molecular weight is 197 g/mol. The first-order chi connectivity index (χ1) is 6.70. The fourth-order valence-corrected chi connectivity index (χ4v) is 1.33. The third kappa shape index (κ3) is 1.62. The van der Waals surface area contributed by atoms with E-state index in [9.17, 15) is 8.78 Å². The Morgan fingerprint density at radius 3 is 2.21 bits per heavy atom. The average Bonchev–Trinajstić information content (AvgIpc) is 2.59. The lowest BCUT2D eigenvalue weighted by molar-refractivity contribution is 0.616. The number of benzene rings is 1. The third-order valence-electron chi connectivity index (χ3n) is 1.93. The largest absolute Gasteiger partial charge is 0.358 e. The molecule has 1 aromatic heterocycles. The van der Waals surface area contributed by atoms with Crippen molar-refractivity contribution < 1.29 is 8.78 Å². The van der Waals surface area contributed by atoms with Crippen LogP contribution in [0.3, 0.4) is 0 Å². The highest BCUT2D eigenvalue weighted by molar-refractivity contribution is 5.83. The van der Waals surface area contributed by atoms with Crippen LogP contribution in [0.25, 0.3) is 10.9 Å². The summed E-state index contributed by atoms with van der Waals surface area (Å²) in [5, 5.41) is 0.343. The standard InChI is InChI=1S/C9H7F2N.C2H6/c1-5-4-12-9-7(11)3-2-6(10)8(5)9;1-2/h2-4,12H,1H3;1-2H3. The fraction of sp³-hybridized carbons (Fsp3) is 0.273. The van der Waals surface area contributed by atoms with Gasteiger partial charge in [-0.15, -0.1) is 0 Å². The van der Waals surface area contributed by atoms with Gasteiger partial charge in [0.2, 0.25) is 0 Å². The molecule has 76 valence electrons. The van der Waals surface area contributed by atoms with E-state index >= 15 is 0 Å². The van der Waals surface area contributed by atoms with Crippen LogP contribution in [0.5, 0.6) is 0 Å². The van der Waals surface area contributed by atoms with Crippen LogP contribution < -0.4 is 0 Å². The number of hydrogen-bond donors (Lipinski definition) is 1. The molecule has 1 heterocycles. The Bertz CT molecular complexity index is 432. The van der Waals surface area contributed by atoms with Crippen molar-refractivity contribution >= 4 is 10.9 Å². The van der Waals surface area contributed by atoms with Crippen LogP contribution in [0, 0.1) is 18.6 Å². The fourth-order valence-electron chi connectivity index (χ4n) is 1.33. The zero-order valence-electron chi connectivity index (χ0n) is 8.49. The Morgan fingerprint density at radius 2 is 1.64 bits per heavy atom. The summed E-state index contributed by atoms with van der Waals surface area (Å²) >= 11 is 0. The van der Waals surface area contributed by atoms with Gasteiger partial charge in [-0.05, 0) is 24.6 Å². The molecule has 0 atom stereocenters. The summed E-state index contributed by atoms with van der Waals surface area (Å²) in [4.78, 5) is 2.68. The highest BCUT2D eigenvalue weighted by Gasteiger charge is 2.08. The van der Waals surface area contributed by atoms with Crippen molar-refractivity contribution in [3.8, 4) is 0 Å². The van der Waals surface area contributed by atoms with Crippen molar-refractivity contribution in [3.05, 3.63) is 35.5 Å². The van der Waals surface area contributed by atoms with Gasteiger partial charge in [0.05, 0.1) is 5.52 Å². The zero-order valence-corrected chi connectivity index (χ0v) is 8.49. The van der Waals surface area contributed by atoms with Gasteiger partial charge in [0, 0.05) is 11.6 Å². The summed E-state index contributed by atoms with van der Waals surface area (Å²) in [5.41, 5.74) is 0.967. The summed E-state index contributed by atoms with van der Waals surface area (Å²) in [7, 11) is 0. The molecule has 1 N–H and O–H groups in total. The van der Waals surface area contributed by atoms with Crippen LogP contribution in [0.2, 0.25) is 0 Å². The number of aryl methyl sites for hydroxylation is 1. The summed E-state index contributed by atoms with van der Waals surface area (Å²) < 4.78 is 26.1. The molecule has 0 saturated carbocycles. The smallest absolute Gasteiger partial charge is 0.147 e. The minimum Gasteiger partial charge on any atom is -0.358 e. The number of nitrogens with one attached hydrogen (secondary N) is 1. The van der Waals surface area contributed by atoms with E-state index in [-0.39, 0.29) is 11.3 Å². The van der Waals surface area contributed by atoms with Crippen LogP contribution in [0.1, 0.15) is 19.4 Å². The Morgan fingerprint density at radius 1 is 1.07 bits per heavy atom. The quantitative estimate of drug-likeness (QED) is 0.661. The van der Waals surface area contributed by atoms with E-state index < -0.39 is 5.82 Å². The molecule has 0 unspecified atom stereocenters. The molecule has 14 heavy (non-hydrogen) atoms. The lowest BCUT2D eigenvalue weighted by atomic mass is 10.2. The molecule has 2 rings (SSSR count). The van der Waals surface area contributed by atoms with Crippen molar-refractivity contribution in [1.82, 2.24) is 4.98 Å². The van der Waals surface area contributed by atoms with Crippen LogP contribution in [0.15, 0.2) is 18.3 Å². The molecule has 1 nitrogen and oxygen atoms in total. The zero-order chi connectivity index (χ0) is 10.7. The van der Waals surface area contributed by atoms with Crippen LogP contribution in [-0.4, -0.2) is 4.98 Å². The number of H-pyrrole nitrogens is 1. The molecule has 0 aliphatic rings. The Labute approximate surface area is 81.8 Å². The van der Waals surface area contributed by atoms with E-state index in [2.05, 4.69) is 4.98 Å². The SMILES string of the molecule is CC.Cc1c[nH]c2c(F)ccc(F)c12. The molecule has 0 spiro atoms. The van der Waals surface area contributed by atoms with Crippen molar-refractivity contribution in [3.63, 3.8) is 0 Å². The van der Waals surface area contributed by atoms with E-state index in [4.69, 9.17) is 0 Å². The second-order valence-electron chi connectivity index (χ2n) is 2.75. The molecule has 0 aliphatic heterocycles. The monoisotopic (exact) mass is 197 g/mol. The minimum atomic E-state index is -0.417. The first-order valence-corrected chi connectivity index (χ1v) is 4.62. The molecular weight excluding hydrogens is 184 g/mol. The highest BCUT2D eigenvalue weighted by Crippen LogP contribution is 2.22. The highest BCUT2D eigenvalue weighted by atomic mass is 19.1. The van der Waals surface area contributed by atoms with Gasteiger partial charge in [-0.2, -0.15) is 0 Å². The van der Waals surface area contributed by atoms with E-state index in [0.717, 1.165) is 17.7 Å². The Balaban J connectivity index is 0.000000461. The molecule has 0 saturated heterocycles. The number of rotatable bonds is 0. The van der Waals surface area contributed by atoms with Crippen LogP contribution in [0.4, 0.5) is 8.78 Å². The number of fused-ring (bicyclic) bond motifs is 1. The summed E-state index contributed by atoms with van der Waals surface area (Å²) in [6.45, 7) is 5.74. The summed E-state index contributed by atoms with van der Waals surface area (Å²) in [6, 6.07) is 2.26. The lowest BCUT2D eigenvalue weighted by Crippen LogP contribution is -1.82. The first kappa shape index (κ1) is 10.7. The van der Waals surface area contributed by atoms with E-state index in [0.29, 0.717) is 5.39 Å². The molecule has 1 aromatic carbocycles. The minimum absolute atomic E-state index is 0.243. The third-order valence-corrected chi connectivity index (χ3v) is 1.93. The summed E-state index contributed by atoms with van der Waals surface area (Å²) in [5.74, 6) is -0.801. The van der Waals surface area contributed by atoms with E-state index in [1.165, 1.54) is 0 Å². The van der Waals surface area contributed by atoms with Crippen molar-refractivity contribution in [2.24, 2.45) is 0 Å². The van der Waals surface area contributed by atoms with E-state index in [1.54, 1.807) is 13.1 Å². The molecule has 0 aliphatic carbocycles. The van der Waals surface area contributed by atoms with Gasteiger partial charge in [0.1, 0.15) is 11.6 Å². The Kier molecular flexibility index (Phi) is 3.23. The first-order valence-electron chi connectivity index (χ1n) is 4.62. The number of halogens is 2. The van der Waals surface area contributed by atoms with Gasteiger partial charge in [-0.3, -0.25) is 0 Å². The van der Waals surface area contributed by atoms with Gasteiger partial charge in [-0.1, -0.05) is 13.8 Å². The molecule has 0 amide bonds. The maximum atomic E-state index is 13.1. The molecule has 2 aromatic rings. The summed E-state index contributed by atoms with van der Waals surface area (Å²) in [6.07, 6.45) is 1.59. The maximum absolute atomic E-state index is 13.1. The molecular formula is C11H13F2N. The van der Waals surface area contributed by atoms with Gasteiger partial charge < -0.3 is 4.98 Å². The van der Waals surface area contributed by atoms with E-state index in [1.807, 2.05) is 13.8 Å². The number of hydrogen-bond acceptors (Lipinski definition) is 0. The van der Waals surface area contributed by atoms with Crippen molar-refractivity contribution in [2.75, 3.05) is 0 Å². The molecule has 3 heteroatoms. The normalized spacial score (nSPS) is 9.79. The second-order valence-corrected chi connectivity index (χ2v) is 2.75. The Hall–Kier alpha value is -1.38. The van der Waals surface area contributed by atoms with Crippen LogP contribution >= 0.6 is 0 Å². The van der Waals surface area contributed by atoms with Crippen molar-refractivity contribution in [2.45, 2.75) is 20.8 Å². The van der Waals surface area contributed by atoms with Crippen LogP contribution in [-0.2, 0) is 0 Å². The predicted molar refractivity (Wildman–Crippen MR) is 54.3 cm³/mol. The second kappa shape index (κ2) is 4.22. The molecule has 0 fully saturated rings.